The fraction of sp³-hybridized carbons (Fsp3) is 0.0769. The SMILES string of the molecule is Cc1c(-c2ccc(N)cc2)ccc2nc(N)nn12. The number of aryl methyl sites for hydroxylation is 1. The number of nitrogen functional groups attached to an aromatic ring is 2. The van der Waals surface area contributed by atoms with Crippen LogP contribution in [-0.4, -0.2) is 14.6 Å². The molecule has 0 unspecified atom stereocenters. The molecule has 0 saturated carbocycles. The van der Waals surface area contributed by atoms with Gasteiger partial charge in [0.15, 0.2) is 5.65 Å². The fourth-order valence-corrected chi connectivity index (χ4v) is 2.06. The molecule has 5 nitrogen and oxygen atoms in total. The van der Waals surface area contributed by atoms with Crippen LogP contribution in [-0.2, 0) is 0 Å². The summed E-state index contributed by atoms with van der Waals surface area (Å²) in [6.45, 7) is 1.99. The van der Waals surface area contributed by atoms with E-state index in [4.69, 9.17) is 11.5 Å². The molecule has 90 valence electrons. The van der Waals surface area contributed by atoms with E-state index < -0.39 is 0 Å². The van der Waals surface area contributed by atoms with Crippen LogP contribution in [0, 0.1) is 6.92 Å². The fourth-order valence-electron chi connectivity index (χ4n) is 2.06. The van der Waals surface area contributed by atoms with Crippen molar-refractivity contribution >= 4 is 17.3 Å². The third-order valence-corrected chi connectivity index (χ3v) is 2.98. The maximum absolute atomic E-state index is 5.69. The number of anilines is 2. The second-order valence-electron chi connectivity index (χ2n) is 4.19. The topological polar surface area (TPSA) is 82.2 Å². The highest BCUT2D eigenvalue weighted by Crippen LogP contribution is 2.24. The van der Waals surface area contributed by atoms with Crippen LogP contribution in [0.4, 0.5) is 11.6 Å². The molecule has 0 atom stereocenters. The molecule has 0 bridgehead atoms. The lowest BCUT2D eigenvalue weighted by Crippen LogP contribution is -1.97. The first kappa shape index (κ1) is 10.6. The summed E-state index contributed by atoms with van der Waals surface area (Å²) in [6, 6.07) is 11.7. The van der Waals surface area contributed by atoms with E-state index in [0.29, 0.717) is 0 Å². The molecule has 0 aliphatic rings. The Labute approximate surface area is 104 Å². The largest absolute Gasteiger partial charge is 0.399 e. The summed E-state index contributed by atoms with van der Waals surface area (Å²) in [6.07, 6.45) is 0. The highest BCUT2D eigenvalue weighted by Gasteiger charge is 2.08. The molecule has 4 N–H and O–H groups in total. The lowest BCUT2D eigenvalue weighted by atomic mass is 10.0. The summed E-state index contributed by atoms with van der Waals surface area (Å²) in [5, 5.41) is 4.18. The first-order valence-electron chi connectivity index (χ1n) is 5.63. The van der Waals surface area contributed by atoms with E-state index in [2.05, 4.69) is 10.1 Å². The Kier molecular flexibility index (Phi) is 2.19. The zero-order chi connectivity index (χ0) is 12.7. The number of pyridine rings is 1. The highest BCUT2D eigenvalue weighted by molar-refractivity contribution is 5.69. The van der Waals surface area contributed by atoms with Gasteiger partial charge >= 0.3 is 0 Å². The molecule has 3 rings (SSSR count). The smallest absolute Gasteiger partial charge is 0.240 e. The van der Waals surface area contributed by atoms with E-state index in [-0.39, 0.29) is 5.95 Å². The van der Waals surface area contributed by atoms with Gasteiger partial charge in [-0.15, -0.1) is 5.10 Å². The number of rotatable bonds is 1. The van der Waals surface area contributed by atoms with E-state index in [1.165, 1.54) is 0 Å². The molecule has 1 aromatic carbocycles. The molecule has 0 saturated heterocycles. The number of hydrogen-bond acceptors (Lipinski definition) is 4. The Morgan fingerprint density at radius 3 is 2.44 bits per heavy atom. The van der Waals surface area contributed by atoms with E-state index in [0.717, 1.165) is 28.2 Å². The minimum absolute atomic E-state index is 0.285. The van der Waals surface area contributed by atoms with Crippen molar-refractivity contribution in [3.63, 3.8) is 0 Å². The van der Waals surface area contributed by atoms with Gasteiger partial charge in [-0.25, -0.2) is 4.52 Å². The molecule has 0 fully saturated rings. The van der Waals surface area contributed by atoms with Crippen LogP contribution in [0.25, 0.3) is 16.8 Å². The molecule has 2 heterocycles. The van der Waals surface area contributed by atoms with Crippen LogP contribution in [0.2, 0.25) is 0 Å². The summed E-state index contributed by atoms with van der Waals surface area (Å²) in [5.74, 6) is 0.285. The normalized spacial score (nSPS) is 10.9. The monoisotopic (exact) mass is 239 g/mol. The van der Waals surface area contributed by atoms with Crippen molar-refractivity contribution in [3.05, 3.63) is 42.1 Å². The van der Waals surface area contributed by atoms with Gasteiger partial charge in [-0.1, -0.05) is 12.1 Å². The zero-order valence-corrected chi connectivity index (χ0v) is 9.96. The highest BCUT2D eigenvalue weighted by atomic mass is 15.3. The van der Waals surface area contributed by atoms with Crippen LogP contribution in [0.1, 0.15) is 5.69 Å². The molecule has 0 radical (unpaired) electrons. The molecule has 5 heteroatoms. The summed E-state index contributed by atoms with van der Waals surface area (Å²) in [7, 11) is 0. The van der Waals surface area contributed by atoms with E-state index in [1.807, 2.05) is 43.3 Å². The van der Waals surface area contributed by atoms with Crippen LogP contribution < -0.4 is 11.5 Å². The minimum Gasteiger partial charge on any atom is -0.399 e. The number of benzene rings is 1. The number of nitrogens with two attached hydrogens (primary N) is 2. The minimum atomic E-state index is 0.285. The third kappa shape index (κ3) is 1.57. The van der Waals surface area contributed by atoms with Gasteiger partial charge in [-0.05, 0) is 36.8 Å². The summed E-state index contributed by atoms with van der Waals surface area (Å²) < 4.78 is 1.75. The maximum atomic E-state index is 5.69. The molecule has 3 aromatic rings. The molecule has 2 aromatic heterocycles. The van der Waals surface area contributed by atoms with Gasteiger partial charge in [0, 0.05) is 16.9 Å². The van der Waals surface area contributed by atoms with Crippen molar-refractivity contribution in [1.82, 2.24) is 14.6 Å². The van der Waals surface area contributed by atoms with Gasteiger partial charge in [0.25, 0.3) is 0 Å². The van der Waals surface area contributed by atoms with Crippen molar-refractivity contribution < 1.29 is 0 Å². The molecule has 0 spiro atoms. The summed E-state index contributed by atoms with van der Waals surface area (Å²) >= 11 is 0. The quantitative estimate of drug-likeness (QED) is 0.635. The van der Waals surface area contributed by atoms with Gasteiger partial charge in [-0.3, -0.25) is 0 Å². The predicted molar refractivity (Wildman–Crippen MR) is 72.0 cm³/mol. The van der Waals surface area contributed by atoms with Crippen LogP contribution in [0.3, 0.4) is 0 Å². The standard InChI is InChI=1S/C13H13N5/c1-8-11(9-2-4-10(14)5-3-9)6-7-12-16-13(15)17-18(8)12/h2-7H,14H2,1H3,(H2,15,17). The first-order valence-corrected chi connectivity index (χ1v) is 5.63. The lowest BCUT2D eigenvalue weighted by molar-refractivity contribution is 0.922. The van der Waals surface area contributed by atoms with Crippen molar-refractivity contribution in [2.24, 2.45) is 0 Å². The first-order chi connectivity index (χ1) is 8.65. The van der Waals surface area contributed by atoms with Crippen molar-refractivity contribution in [2.75, 3.05) is 11.5 Å². The Hall–Kier alpha value is -2.56. The predicted octanol–water partition coefficient (Wildman–Crippen LogP) is 1.87. The van der Waals surface area contributed by atoms with Crippen LogP contribution in [0.15, 0.2) is 36.4 Å². The van der Waals surface area contributed by atoms with Crippen LogP contribution >= 0.6 is 0 Å². The molecule has 0 aliphatic carbocycles. The maximum Gasteiger partial charge on any atom is 0.240 e. The average Bonchev–Trinajstić information content (AvgIpc) is 2.73. The van der Waals surface area contributed by atoms with Crippen LogP contribution in [0.5, 0.6) is 0 Å². The third-order valence-electron chi connectivity index (χ3n) is 2.98. The Balaban J connectivity index is 2.23. The summed E-state index contributed by atoms with van der Waals surface area (Å²) in [4.78, 5) is 4.13. The van der Waals surface area contributed by atoms with Gasteiger partial charge < -0.3 is 11.5 Å². The van der Waals surface area contributed by atoms with Crippen molar-refractivity contribution in [2.45, 2.75) is 6.92 Å². The van der Waals surface area contributed by atoms with Gasteiger partial charge in [0.1, 0.15) is 0 Å². The summed E-state index contributed by atoms with van der Waals surface area (Å²) in [5.41, 5.74) is 16.0. The number of fused-ring (bicyclic) bond motifs is 1. The second-order valence-corrected chi connectivity index (χ2v) is 4.19. The molecule has 0 aliphatic heterocycles. The van der Waals surface area contributed by atoms with E-state index >= 15 is 0 Å². The molecule has 0 amide bonds. The number of aromatic nitrogens is 3. The Bertz CT molecular complexity index is 712. The average molecular weight is 239 g/mol. The Morgan fingerprint density at radius 2 is 1.72 bits per heavy atom. The molecule has 18 heavy (non-hydrogen) atoms. The lowest BCUT2D eigenvalue weighted by Gasteiger charge is -2.07. The van der Waals surface area contributed by atoms with Gasteiger partial charge in [0.2, 0.25) is 5.95 Å². The van der Waals surface area contributed by atoms with E-state index in [1.54, 1.807) is 4.52 Å². The molecular weight excluding hydrogens is 226 g/mol. The molecular formula is C13H13N5. The number of nitrogens with zero attached hydrogens (tertiary/aromatic N) is 3. The number of hydrogen-bond donors (Lipinski definition) is 2. The van der Waals surface area contributed by atoms with Crippen molar-refractivity contribution in [1.29, 1.82) is 0 Å². The van der Waals surface area contributed by atoms with E-state index in [9.17, 15) is 0 Å². The Morgan fingerprint density at radius 1 is 1.00 bits per heavy atom. The zero-order valence-electron chi connectivity index (χ0n) is 9.96. The second kappa shape index (κ2) is 3.73. The van der Waals surface area contributed by atoms with Gasteiger partial charge in [-0.2, -0.15) is 4.98 Å². The van der Waals surface area contributed by atoms with Gasteiger partial charge in [0.05, 0.1) is 0 Å². The van der Waals surface area contributed by atoms with Crippen molar-refractivity contribution in [3.8, 4) is 11.1 Å².